The third-order valence-corrected chi connectivity index (χ3v) is 8.30. The van der Waals surface area contributed by atoms with Crippen LogP contribution in [0.15, 0.2) is 66.9 Å². The Morgan fingerprint density at radius 1 is 1.00 bits per heavy atom. The van der Waals surface area contributed by atoms with Gasteiger partial charge in [0.1, 0.15) is 6.54 Å². The molecule has 0 aliphatic heterocycles. The molecule has 0 spiro atoms. The van der Waals surface area contributed by atoms with Crippen molar-refractivity contribution in [2.75, 3.05) is 11.9 Å². The molecule has 1 aliphatic carbocycles. The summed E-state index contributed by atoms with van der Waals surface area (Å²) in [6, 6.07) is 18.7. The van der Waals surface area contributed by atoms with E-state index in [1.165, 1.54) is 6.42 Å². The normalized spacial score (nSPS) is 14.6. The van der Waals surface area contributed by atoms with E-state index < -0.39 is 0 Å². The molecule has 8 heteroatoms. The predicted molar refractivity (Wildman–Crippen MR) is 159 cm³/mol. The quantitative estimate of drug-likeness (QED) is 0.271. The average molecular weight is 570 g/mol. The number of urea groups is 1. The number of nitrogens with one attached hydrogen (secondary N) is 1. The molecule has 3 aromatic rings. The van der Waals surface area contributed by atoms with Crippen molar-refractivity contribution in [3.63, 3.8) is 0 Å². The molecule has 0 unspecified atom stereocenters. The fraction of sp³-hybridized carbons (Fsp3) is 0.419. The highest BCUT2D eigenvalue weighted by Gasteiger charge is 2.30. The Labute approximate surface area is 241 Å². The molecular formula is C31H38Cl2N4O2. The largest absolute Gasteiger partial charge is 0.345 e. The van der Waals surface area contributed by atoms with Crippen molar-refractivity contribution >= 4 is 40.8 Å². The number of rotatable bonds is 10. The van der Waals surface area contributed by atoms with E-state index in [1.54, 1.807) is 29.2 Å². The number of carbonyl (C=O) groups excluding carboxylic acids is 2. The molecule has 0 radical (unpaired) electrons. The van der Waals surface area contributed by atoms with Crippen LogP contribution in [-0.4, -0.2) is 44.9 Å². The van der Waals surface area contributed by atoms with Crippen LogP contribution in [-0.2, 0) is 17.9 Å². The van der Waals surface area contributed by atoms with E-state index in [9.17, 15) is 9.59 Å². The summed E-state index contributed by atoms with van der Waals surface area (Å²) in [5.74, 6) is -0.0288. The predicted octanol–water partition coefficient (Wildman–Crippen LogP) is 7.84. The third-order valence-electron chi connectivity index (χ3n) is 7.68. The highest BCUT2D eigenvalue weighted by atomic mass is 35.5. The summed E-state index contributed by atoms with van der Waals surface area (Å²) in [4.78, 5) is 31.0. The first-order chi connectivity index (χ1) is 18.9. The molecule has 6 nitrogen and oxygen atoms in total. The second-order valence-corrected chi connectivity index (χ2v) is 11.2. The van der Waals surface area contributed by atoms with E-state index >= 15 is 0 Å². The molecule has 0 bridgehead atoms. The molecule has 3 amide bonds. The van der Waals surface area contributed by atoms with E-state index in [-0.39, 0.29) is 30.6 Å². The van der Waals surface area contributed by atoms with Gasteiger partial charge in [-0.15, -0.1) is 0 Å². The number of hydrogen-bond acceptors (Lipinski definition) is 2. The van der Waals surface area contributed by atoms with Crippen LogP contribution >= 0.6 is 23.2 Å². The number of halogens is 2. The summed E-state index contributed by atoms with van der Waals surface area (Å²) >= 11 is 12.4. The SMILES string of the molecule is CC[C@@H](C)N(CC(=O)N(Cc1cccn1Cc1ccccc1Cl)C1CCCCC1)C(=O)Nc1ccc(Cl)cc1. The summed E-state index contributed by atoms with van der Waals surface area (Å²) < 4.78 is 2.16. The molecule has 4 rings (SSSR count). The Kier molecular flexibility index (Phi) is 10.4. The summed E-state index contributed by atoms with van der Waals surface area (Å²) in [5.41, 5.74) is 2.73. The summed E-state index contributed by atoms with van der Waals surface area (Å²) in [5, 5.41) is 4.27. The number of nitrogens with zero attached hydrogens (tertiary/aromatic N) is 3. The second kappa shape index (κ2) is 13.9. The van der Waals surface area contributed by atoms with Gasteiger partial charge < -0.3 is 19.7 Å². The van der Waals surface area contributed by atoms with Gasteiger partial charge in [0.05, 0.1) is 6.54 Å². The fourth-order valence-electron chi connectivity index (χ4n) is 5.16. The Morgan fingerprint density at radius 3 is 2.41 bits per heavy atom. The highest BCUT2D eigenvalue weighted by molar-refractivity contribution is 6.31. The van der Waals surface area contributed by atoms with Crippen LogP contribution in [0.1, 0.15) is 63.6 Å². The maximum absolute atomic E-state index is 14.0. The number of hydrogen-bond donors (Lipinski definition) is 1. The first-order valence-electron chi connectivity index (χ1n) is 13.9. The molecule has 0 saturated heterocycles. The van der Waals surface area contributed by atoms with Crippen LogP contribution in [0.5, 0.6) is 0 Å². The van der Waals surface area contributed by atoms with Crippen molar-refractivity contribution < 1.29 is 9.59 Å². The van der Waals surface area contributed by atoms with E-state index in [0.717, 1.165) is 48.4 Å². The van der Waals surface area contributed by atoms with Crippen molar-refractivity contribution in [3.8, 4) is 0 Å². The topological polar surface area (TPSA) is 57.6 Å². The Hall–Kier alpha value is -2.96. The van der Waals surface area contributed by atoms with Crippen LogP contribution in [0.4, 0.5) is 10.5 Å². The van der Waals surface area contributed by atoms with Gasteiger partial charge in [0.15, 0.2) is 0 Å². The van der Waals surface area contributed by atoms with E-state index in [4.69, 9.17) is 23.2 Å². The van der Waals surface area contributed by atoms with Gasteiger partial charge in [-0.25, -0.2) is 4.79 Å². The van der Waals surface area contributed by atoms with Crippen molar-refractivity contribution in [2.45, 2.75) is 77.5 Å². The molecule has 1 atom stereocenters. The zero-order valence-electron chi connectivity index (χ0n) is 22.8. The van der Waals surface area contributed by atoms with Crippen LogP contribution in [0.2, 0.25) is 10.0 Å². The van der Waals surface area contributed by atoms with E-state index in [1.807, 2.05) is 55.3 Å². The summed E-state index contributed by atoms with van der Waals surface area (Å²) in [6.45, 7) is 5.16. The lowest BCUT2D eigenvalue weighted by molar-refractivity contribution is -0.136. The fourth-order valence-corrected chi connectivity index (χ4v) is 5.48. The number of anilines is 1. The van der Waals surface area contributed by atoms with Crippen LogP contribution in [0.3, 0.4) is 0 Å². The summed E-state index contributed by atoms with van der Waals surface area (Å²) in [6.07, 6.45) is 8.17. The zero-order valence-corrected chi connectivity index (χ0v) is 24.3. The minimum absolute atomic E-state index is 0.0240. The molecule has 1 N–H and O–H groups in total. The van der Waals surface area contributed by atoms with Crippen molar-refractivity contribution in [2.24, 2.45) is 0 Å². The van der Waals surface area contributed by atoms with E-state index in [2.05, 4.69) is 16.0 Å². The van der Waals surface area contributed by atoms with Gasteiger partial charge in [-0.05, 0) is 74.2 Å². The van der Waals surface area contributed by atoms with E-state index in [0.29, 0.717) is 23.8 Å². The van der Waals surface area contributed by atoms with Gasteiger partial charge >= 0.3 is 6.03 Å². The highest BCUT2D eigenvalue weighted by Crippen LogP contribution is 2.26. The lowest BCUT2D eigenvalue weighted by Crippen LogP contribution is -2.50. The van der Waals surface area contributed by atoms with Gasteiger partial charge in [-0.3, -0.25) is 4.79 Å². The first-order valence-corrected chi connectivity index (χ1v) is 14.6. The first kappa shape index (κ1) is 29.0. The number of amides is 3. The molecule has 1 aliphatic rings. The monoisotopic (exact) mass is 568 g/mol. The summed E-state index contributed by atoms with van der Waals surface area (Å²) in [7, 11) is 0. The lowest BCUT2D eigenvalue weighted by Gasteiger charge is -2.37. The zero-order chi connectivity index (χ0) is 27.8. The smallest absolute Gasteiger partial charge is 0.322 e. The minimum Gasteiger partial charge on any atom is -0.345 e. The maximum atomic E-state index is 14.0. The number of carbonyl (C=O) groups is 2. The maximum Gasteiger partial charge on any atom is 0.322 e. The van der Waals surface area contributed by atoms with Crippen LogP contribution in [0.25, 0.3) is 0 Å². The molecule has 1 fully saturated rings. The van der Waals surface area contributed by atoms with Gasteiger partial charge in [-0.2, -0.15) is 0 Å². The standard InChI is InChI=1S/C31H38Cl2N4O2/c1-3-23(2)36(31(39)34-26-17-15-25(32)16-18-26)22-30(38)37(27-11-5-4-6-12-27)21-28-13-9-19-35(28)20-24-10-7-8-14-29(24)33/h7-10,13-19,23,27H,3-6,11-12,20-22H2,1-2H3,(H,34,39)/t23-/m1/s1. The molecule has 1 aromatic heterocycles. The third kappa shape index (κ3) is 7.80. The van der Waals surface area contributed by atoms with Gasteiger partial charge in [0, 0.05) is 46.3 Å². The van der Waals surface area contributed by atoms with Gasteiger partial charge in [0.2, 0.25) is 5.91 Å². The number of benzene rings is 2. The Bertz CT molecular complexity index is 1240. The van der Waals surface area contributed by atoms with Crippen LogP contribution < -0.4 is 5.32 Å². The molecule has 1 heterocycles. The van der Waals surface area contributed by atoms with Crippen LogP contribution in [0, 0.1) is 0 Å². The van der Waals surface area contributed by atoms with Crippen molar-refractivity contribution in [3.05, 3.63) is 88.2 Å². The minimum atomic E-state index is -0.286. The van der Waals surface area contributed by atoms with Crippen molar-refractivity contribution in [1.82, 2.24) is 14.4 Å². The Balaban J connectivity index is 1.53. The van der Waals surface area contributed by atoms with Crippen molar-refractivity contribution in [1.29, 1.82) is 0 Å². The van der Waals surface area contributed by atoms with Gasteiger partial charge in [-0.1, -0.05) is 67.6 Å². The number of aromatic nitrogens is 1. The van der Waals surface area contributed by atoms with Gasteiger partial charge in [0.25, 0.3) is 0 Å². The lowest BCUT2D eigenvalue weighted by atomic mass is 9.94. The molecule has 1 saturated carbocycles. The Morgan fingerprint density at radius 2 is 1.72 bits per heavy atom. The molecular weight excluding hydrogens is 531 g/mol. The molecule has 2 aromatic carbocycles. The molecule has 39 heavy (non-hydrogen) atoms. The average Bonchev–Trinajstić information content (AvgIpc) is 3.39. The molecule has 208 valence electrons. The second-order valence-electron chi connectivity index (χ2n) is 10.4.